The van der Waals surface area contributed by atoms with E-state index in [1.165, 1.54) is 0 Å². The first-order chi connectivity index (χ1) is 9.69. The highest BCUT2D eigenvalue weighted by Gasteiger charge is 2.21. The first kappa shape index (κ1) is 15.2. The van der Waals surface area contributed by atoms with E-state index in [4.69, 9.17) is 9.47 Å². The molecule has 2 rings (SSSR count). The van der Waals surface area contributed by atoms with Crippen molar-refractivity contribution in [3.63, 3.8) is 0 Å². The van der Waals surface area contributed by atoms with E-state index in [1.54, 1.807) is 0 Å². The van der Waals surface area contributed by atoms with Crippen molar-refractivity contribution in [3.05, 3.63) is 17.6 Å². The van der Waals surface area contributed by atoms with E-state index in [0.717, 1.165) is 36.7 Å². The molecule has 1 aliphatic rings. The molecule has 0 aromatic carbocycles. The van der Waals surface area contributed by atoms with E-state index in [0.29, 0.717) is 25.7 Å². The zero-order valence-electron chi connectivity index (χ0n) is 12.7. The number of nitrogens with one attached hydrogen (secondary N) is 1. The van der Waals surface area contributed by atoms with E-state index < -0.39 is 0 Å². The minimum atomic E-state index is -0.141. The van der Waals surface area contributed by atoms with Crippen LogP contribution in [0.15, 0.2) is 6.07 Å². The smallest absolute Gasteiger partial charge is 0.162 e. The van der Waals surface area contributed by atoms with Crippen molar-refractivity contribution in [2.75, 3.05) is 31.7 Å². The quantitative estimate of drug-likeness (QED) is 0.867. The van der Waals surface area contributed by atoms with Gasteiger partial charge in [0.2, 0.25) is 0 Å². The summed E-state index contributed by atoms with van der Waals surface area (Å²) < 4.78 is 11.2. The Kier molecular flexibility index (Phi) is 5.73. The summed E-state index contributed by atoms with van der Waals surface area (Å²) >= 11 is 0. The third kappa shape index (κ3) is 4.42. The van der Waals surface area contributed by atoms with Gasteiger partial charge >= 0.3 is 0 Å². The van der Waals surface area contributed by atoms with E-state index in [-0.39, 0.29) is 6.10 Å². The monoisotopic (exact) mass is 279 g/mol. The van der Waals surface area contributed by atoms with Gasteiger partial charge < -0.3 is 14.8 Å². The van der Waals surface area contributed by atoms with Gasteiger partial charge in [-0.05, 0) is 18.8 Å². The van der Waals surface area contributed by atoms with E-state index in [2.05, 4.69) is 36.1 Å². The van der Waals surface area contributed by atoms with Crippen LogP contribution in [-0.2, 0) is 15.9 Å². The standard InChI is InChI=1S/C15H25N3O2/c1-4-5-16-14-9-12(8-11(2)3)17-15(18-14)13-10-19-6-7-20-13/h9,11,13H,4-8,10H2,1-3H3,(H,16,17,18). The summed E-state index contributed by atoms with van der Waals surface area (Å²) in [5.74, 6) is 2.20. The lowest BCUT2D eigenvalue weighted by atomic mass is 10.1. The van der Waals surface area contributed by atoms with Crippen molar-refractivity contribution < 1.29 is 9.47 Å². The third-order valence-corrected chi connectivity index (χ3v) is 3.07. The van der Waals surface area contributed by atoms with Crippen LogP contribution in [0.5, 0.6) is 0 Å². The van der Waals surface area contributed by atoms with E-state index >= 15 is 0 Å². The molecular formula is C15H25N3O2. The largest absolute Gasteiger partial charge is 0.376 e. The van der Waals surface area contributed by atoms with Crippen LogP contribution < -0.4 is 5.32 Å². The van der Waals surface area contributed by atoms with Crippen LogP contribution >= 0.6 is 0 Å². The van der Waals surface area contributed by atoms with Gasteiger partial charge in [-0.3, -0.25) is 0 Å². The fraction of sp³-hybridized carbons (Fsp3) is 0.733. The van der Waals surface area contributed by atoms with Gasteiger partial charge in [0, 0.05) is 18.3 Å². The topological polar surface area (TPSA) is 56.3 Å². The zero-order valence-corrected chi connectivity index (χ0v) is 12.7. The molecule has 2 heterocycles. The average molecular weight is 279 g/mol. The minimum absolute atomic E-state index is 0.141. The summed E-state index contributed by atoms with van der Waals surface area (Å²) in [4.78, 5) is 9.22. The lowest BCUT2D eigenvalue weighted by Crippen LogP contribution is -2.24. The average Bonchev–Trinajstić information content (AvgIpc) is 2.45. The molecule has 0 aliphatic carbocycles. The van der Waals surface area contributed by atoms with E-state index in [1.807, 2.05) is 6.07 Å². The fourth-order valence-corrected chi connectivity index (χ4v) is 2.17. The van der Waals surface area contributed by atoms with Crippen molar-refractivity contribution in [2.45, 2.75) is 39.7 Å². The van der Waals surface area contributed by atoms with Crippen LogP contribution in [0.4, 0.5) is 5.82 Å². The summed E-state index contributed by atoms with van der Waals surface area (Å²) in [6.07, 6.45) is 1.88. The number of ether oxygens (including phenoxy) is 2. The third-order valence-electron chi connectivity index (χ3n) is 3.07. The maximum Gasteiger partial charge on any atom is 0.162 e. The molecule has 1 N–H and O–H groups in total. The predicted molar refractivity (Wildman–Crippen MR) is 78.9 cm³/mol. The highest BCUT2D eigenvalue weighted by atomic mass is 16.6. The molecule has 20 heavy (non-hydrogen) atoms. The highest BCUT2D eigenvalue weighted by Crippen LogP contribution is 2.20. The Hall–Kier alpha value is -1.20. The zero-order chi connectivity index (χ0) is 14.4. The minimum Gasteiger partial charge on any atom is -0.376 e. The molecule has 0 saturated carbocycles. The van der Waals surface area contributed by atoms with Crippen LogP contribution in [0.1, 0.15) is 44.8 Å². The maximum atomic E-state index is 5.71. The Balaban J connectivity index is 2.19. The van der Waals surface area contributed by atoms with Crippen molar-refractivity contribution in [1.82, 2.24) is 9.97 Å². The van der Waals surface area contributed by atoms with Gasteiger partial charge in [0.05, 0.1) is 19.8 Å². The molecule has 1 aromatic heterocycles. The molecule has 0 spiro atoms. The number of hydrogen-bond donors (Lipinski definition) is 1. The van der Waals surface area contributed by atoms with Crippen LogP contribution in [0.25, 0.3) is 0 Å². The molecular weight excluding hydrogens is 254 g/mol. The van der Waals surface area contributed by atoms with Gasteiger partial charge in [-0.25, -0.2) is 9.97 Å². The molecule has 112 valence electrons. The van der Waals surface area contributed by atoms with Crippen LogP contribution in [0.2, 0.25) is 0 Å². The molecule has 0 bridgehead atoms. The normalized spacial score (nSPS) is 19.3. The van der Waals surface area contributed by atoms with Gasteiger partial charge in [-0.2, -0.15) is 0 Å². The van der Waals surface area contributed by atoms with E-state index in [9.17, 15) is 0 Å². The number of hydrogen-bond acceptors (Lipinski definition) is 5. The highest BCUT2D eigenvalue weighted by molar-refractivity contribution is 5.36. The molecule has 1 atom stereocenters. The molecule has 0 radical (unpaired) electrons. The summed E-state index contributed by atoms with van der Waals surface area (Å²) in [6.45, 7) is 9.26. The summed E-state index contributed by atoms with van der Waals surface area (Å²) in [7, 11) is 0. The molecule has 1 saturated heterocycles. The van der Waals surface area contributed by atoms with Crippen LogP contribution in [0.3, 0.4) is 0 Å². The number of anilines is 1. The van der Waals surface area contributed by atoms with Crippen molar-refractivity contribution in [1.29, 1.82) is 0 Å². The molecule has 1 unspecified atom stereocenters. The Bertz CT molecular complexity index is 418. The molecule has 5 heteroatoms. The second kappa shape index (κ2) is 7.55. The second-order valence-corrected chi connectivity index (χ2v) is 5.56. The Morgan fingerprint density at radius 2 is 2.20 bits per heavy atom. The van der Waals surface area contributed by atoms with Crippen molar-refractivity contribution in [2.24, 2.45) is 5.92 Å². The predicted octanol–water partition coefficient (Wildman–Crippen LogP) is 2.58. The van der Waals surface area contributed by atoms with Gasteiger partial charge in [0.1, 0.15) is 11.9 Å². The summed E-state index contributed by atoms with van der Waals surface area (Å²) in [6, 6.07) is 2.04. The van der Waals surface area contributed by atoms with Crippen LogP contribution in [0, 0.1) is 5.92 Å². The number of nitrogens with zero attached hydrogens (tertiary/aromatic N) is 2. The Morgan fingerprint density at radius 3 is 2.85 bits per heavy atom. The maximum absolute atomic E-state index is 5.71. The summed E-state index contributed by atoms with van der Waals surface area (Å²) in [5.41, 5.74) is 1.07. The SMILES string of the molecule is CCCNc1cc(CC(C)C)nc(C2COCCO2)n1. The molecule has 0 amide bonds. The molecule has 1 fully saturated rings. The summed E-state index contributed by atoms with van der Waals surface area (Å²) in [5, 5.41) is 3.34. The van der Waals surface area contributed by atoms with Gasteiger partial charge in [0.25, 0.3) is 0 Å². The van der Waals surface area contributed by atoms with Gasteiger partial charge in [-0.15, -0.1) is 0 Å². The second-order valence-electron chi connectivity index (χ2n) is 5.56. The first-order valence-corrected chi connectivity index (χ1v) is 7.50. The first-order valence-electron chi connectivity index (χ1n) is 7.50. The van der Waals surface area contributed by atoms with Crippen molar-refractivity contribution >= 4 is 5.82 Å². The lowest BCUT2D eigenvalue weighted by molar-refractivity contribution is -0.0935. The van der Waals surface area contributed by atoms with Gasteiger partial charge in [0.15, 0.2) is 5.82 Å². The lowest BCUT2D eigenvalue weighted by Gasteiger charge is -2.22. The van der Waals surface area contributed by atoms with Crippen LogP contribution in [-0.4, -0.2) is 36.3 Å². The Labute approximate surface area is 121 Å². The molecule has 1 aliphatic heterocycles. The fourth-order valence-electron chi connectivity index (χ4n) is 2.17. The van der Waals surface area contributed by atoms with Gasteiger partial charge in [-0.1, -0.05) is 20.8 Å². The number of rotatable bonds is 6. The number of aromatic nitrogens is 2. The molecule has 5 nitrogen and oxygen atoms in total. The Morgan fingerprint density at radius 1 is 1.35 bits per heavy atom. The molecule has 1 aromatic rings. The van der Waals surface area contributed by atoms with Crippen molar-refractivity contribution in [3.8, 4) is 0 Å².